The second kappa shape index (κ2) is 8.80. The highest BCUT2D eigenvalue weighted by Gasteiger charge is 2.32. The Morgan fingerprint density at radius 2 is 2.23 bits per heavy atom. The molecule has 1 atom stereocenters. The van der Waals surface area contributed by atoms with Crippen LogP contribution in [0.3, 0.4) is 0 Å². The smallest absolute Gasteiger partial charge is 0.414 e. The molecule has 0 spiro atoms. The molecule has 0 saturated carbocycles. The van der Waals surface area contributed by atoms with Gasteiger partial charge in [0.25, 0.3) is 0 Å². The van der Waals surface area contributed by atoms with Gasteiger partial charge in [-0.1, -0.05) is 11.8 Å². The number of aryl methyl sites for hydroxylation is 1. The lowest BCUT2D eigenvalue weighted by Gasteiger charge is -2.14. The Hall–Kier alpha value is -3.34. The Kier molecular flexibility index (Phi) is 5.94. The van der Waals surface area contributed by atoms with Crippen molar-refractivity contribution in [2.45, 2.75) is 23.9 Å². The summed E-state index contributed by atoms with van der Waals surface area (Å²) in [6, 6.07) is 4.54. The van der Waals surface area contributed by atoms with E-state index in [9.17, 15) is 14.0 Å². The summed E-state index contributed by atoms with van der Waals surface area (Å²) in [6.45, 7) is 1.84. The summed E-state index contributed by atoms with van der Waals surface area (Å²) in [5.41, 5.74) is 1.51. The topological polar surface area (TPSA) is 94.3 Å². The average Bonchev–Trinajstić information content (AvgIpc) is 3.45. The van der Waals surface area contributed by atoms with Crippen molar-refractivity contribution in [1.29, 1.82) is 0 Å². The molecule has 31 heavy (non-hydrogen) atoms. The van der Waals surface area contributed by atoms with Crippen LogP contribution < -0.4 is 10.2 Å². The number of halogens is 1. The van der Waals surface area contributed by atoms with Crippen LogP contribution in [0.15, 0.2) is 48.3 Å². The van der Waals surface area contributed by atoms with Gasteiger partial charge in [-0.2, -0.15) is 0 Å². The molecule has 1 fully saturated rings. The summed E-state index contributed by atoms with van der Waals surface area (Å²) >= 11 is 1.54. The fourth-order valence-corrected chi connectivity index (χ4v) is 3.99. The molecule has 1 aliphatic heterocycles. The fraction of sp³-hybridized carbons (Fsp3) is 0.300. The minimum Gasteiger partial charge on any atom is -0.442 e. The maximum atomic E-state index is 14.8. The van der Waals surface area contributed by atoms with Crippen LogP contribution in [0.25, 0.3) is 5.69 Å². The molecule has 1 aromatic carbocycles. The highest BCUT2D eigenvalue weighted by molar-refractivity contribution is 7.98. The molecule has 0 unspecified atom stereocenters. The van der Waals surface area contributed by atoms with Gasteiger partial charge in [0.05, 0.1) is 36.5 Å². The summed E-state index contributed by atoms with van der Waals surface area (Å²) in [5.74, 6) is -0.0911. The van der Waals surface area contributed by atoms with Gasteiger partial charge in [0, 0.05) is 38.3 Å². The molecule has 1 N–H and O–H groups in total. The first-order chi connectivity index (χ1) is 14.9. The molecular weight excluding hydrogens is 423 g/mol. The number of hydrogen-bond acceptors (Lipinski definition) is 6. The van der Waals surface area contributed by atoms with Crippen LogP contribution in [0.2, 0.25) is 0 Å². The van der Waals surface area contributed by atoms with Crippen molar-refractivity contribution in [2.75, 3.05) is 18.0 Å². The van der Waals surface area contributed by atoms with Crippen molar-refractivity contribution < 1.29 is 18.7 Å². The van der Waals surface area contributed by atoms with Gasteiger partial charge in [-0.3, -0.25) is 9.69 Å². The highest BCUT2D eigenvalue weighted by Crippen LogP contribution is 2.26. The number of aromatic nitrogens is 4. The molecule has 0 aliphatic carbocycles. The van der Waals surface area contributed by atoms with Crippen molar-refractivity contribution in [3.63, 3.8) is 0 Å². The van der Waals surface area contributed by atoms with Crippen molar-refractivity contribution in [2.24, 2.45) is 7.05 Å². The van der Waals surface area contributed by atoms with Gasteiger partial charge in [0.1, 0.15) is 11.9 Å². The van der Waals surface area contributed by atoms with E-state index in [0.29, 0.717) is 17.1 Å². The van der Waals surface area contributed by atoms with E-state index in [4.69, 9.17) is 4.74 Å². The lowest BCUT2D eigenvalue weighted by Crippen LogP contribution is -2.33. The minimum atomic E-state index is -0.571. The van der Waals surface area contributed by atoms with E-state index in [1.165, 1.54) is 17.9 Å². The maximum Gasteiger partial charge on any atom is 0.414 e. The third-order valence-corrected chi connectivity index (χ3v) is 5.83. The molecular formula is C20H21FN6O3S. The lowest BCUT2D eigenvalue weighted by atomic mass is 10.2. The maximum absolute atomic E-state index is 14.8. The number of nitrogens with zero attached hydrogens (tertiary/aromatic N) is 5. The summed E-state index contributed by atoms with van der Waals surface area (Å²) in [5, 5.41) is 3.49. The van der Waals surface area contributed by atoms with Crippen molar-refractivity contribution in [3.8, 4) is 5.69 Å². The van der Waals surface area contributed by atoms with E-state index in [1.54, 1.807) is 47.2 Å². The summed E-state index contributed by atoms with van der Waals surface area (Å²) in [6.07, 6.45) is 5.87. The molecule has 4 rings (SSSR count). The molecule has 162 valence electrons. The van der Waals surface area contributed by atoms with Gasteiger partial charge >= 0.3 is 6.09 Å². The second-order valence-corrected chi connectivity index (χ2v) is 8.01. The molecule has 3 heterocycles. The van der Waals surface area contributed by atoms with Crippen LogP contribution in [-0.2, 0) is 22.3 Å². The van der Waals surface area contributed by atoms with E-state index in [-0.39, 0.29) is 19.0 Å². The highest BCUT2D eigenvalue weighted by atomic mass is 32.2. The van der Waals surface area contributed by atoms with Crippen LogP contribution >= 0.6 is 11.8 Å². The zero-order chi connectivity index (χ0) is 22.0. The van der Waals surface area contributed by atoms with Crippen LogP contribution in [0.5, 0.6) is 0 Å². The number of hydrogen-bond donors (Lipinski definition) is 1. The third-order valence-electron chi connectivity index (χ3n) is 4.74. The first-order valence-corrected chi connectivity index (χ1v) is 10.5. The molecule has 11 heteroatoms. The number of ether oxygens (including phenoxy) is 1. The van der Waals surface area contributed by atoms with E-state index in [2.05, 4.69) is 15.3 Å². The Labute approximate surface area is 182 Å². The van der Waals surface area contributed by atoms with Gasteiger partial charge in [0.15, 0.2) is 5.16 Å². The number of amides is 2. The Balaban J connectivity index is 1.43. The SMILES string of the molecule is CC(=O)NC[C@H]1CN(c2ccc(-n3cnc(CSc4nccn4C)c3)c(F)c2)C(=O)O1. The average molecular weight is 444 g/mol. The molecule has 9 nitrogen and oxygen atoms in total. The Morgan fingerprint density at radius 1 is 1.39 bits per heavy atom. The number of benzene rings is 1. The van der Waals surface area contributed by atoms with E-state index >= 15 is 0 Å². The molecule has 2 amide bonds. The molecule has 1 aliphatic rings. The summed E-state index contributed by atoms with van der Waals surface area (Å²) in [4.78, 5) is 33.1. The number of thioether (sulfide) groups is 1. The van der Waals surface area contributed by atoms with Gasteiger partial charge in [-0.25, -0.2) is 19.2 Å². The number of carbonyl (C=O) groups excluding carboxylic acids is 2. The zero-order valence-corrected chi connectivity index (χ0v) is 17.8. The minimum absolute atomic E-state index is 0.206. The zero-order valence-electron chi connectivity index (χ0n) is 17.0. The van der Waals surface area contributed by atoms with Gasteiger partial charge in [-0.15, -0.1) is 0 Å². The van der Waals surface area contributed by atoms with Crippen molar-refractivity contribution in [1.82, 2.24) is 24.4 Å². The lowest BCUT2D eigenvalue weighted by molar-refractivity contribution is -0.119. The fourth-order valence-electron chi connectivity index (χ4n) is 3.17. The van der Waals surface area contributed by atoms with Crippen LogP contribution in [0.4, 0.5) is 14.9 Å². The standard InChI is InChI=1S/C20H21FN6O3S/c1-13(28)23-8-16-10-27(20(29)30-16)15-3-4-18(17(21)7-15)26-9-14(24-12-26)11-31-19-22-5-6-25(19)2/h3-7,9,12,16H,8,10-11H2,1-2H3,(H,23,28)/t16-/m0/s1. The molecule has 1 saturated heterocycles. The Morgan fingerprint density at radius 3 is 2.94 bits per heavy atom. The molecule has 3 aromatic rings. The van der Waals surface area contributed by atoms with E-state index < -0.39 is 18.0 Å². The van der Waals surface area contributed by atoms with Crippen molar-refractivity contribution >= 4 is 29.4 Å². The molecule has 0 radical (unpaired) electrons. The van der Waals surface area contributed by atoms with Crippen LogP contribution in [-0.4, -0.2) is 50.3 Å². The Bertz CT molecular complexity index is 1110. The number of imidazole rings is 2. The van der Waals surface area contributed by atoms with Gasteiger partial charge < -0.3 is 19.2 Å². The number of nitrogens with one attached hydrogen (secondary N) is 1. The van der Waals surface area contributed by atoms with Gasteiger partial charge in [0.2, 0.25) is 5.91 Å². The first-order valence-electron chi connectivity index (χ1n) is 9.56. The van der Waals surface area contributed by atoms with Gasteiger partial charge in [-0.05, 0) is 18.2 Å². The predicted molar refractivity (Wildman–Crippen MR) is 113 cm³/mol. The molecule has 2 aromatic heterocycles. The largest absolute Gasteiger partial charge is 0.442 e. The number of anilines is 1. The van der Waals surface area contributed by atoms with Crippen LogP contribution in [0, 0.1) is 5.82 Å². The van der Waals surface area contributed by atoms with Crippen LogP contribution in [0.1, 0.15) is 12.6 Å². The number of rotatable bonds is 7. The first kappa shape index (κ1) is 20.9. The third kappa shape index (κ3) is 4.71. The molecule has 0 bridgehead atoms. The van der Waals surface area contributed by atoms with Crippen molar-refractivity contribution in [3.05, 3.63) is 54.6 Å². The summed E-state index contributed by atoms with van der Waals surface area (Å²) < 4.78 is 23.6. The number of cyclic esters (lactones) is 1. The summed E-state index contributed by atoms with van der Waals surface area (Å²) in [7, 11) is 1.92. The number of carbonyl (C=O) groups is 2. The monoisotopic (exact) mass is 444 g/mol. The van der Waals surface area contributed by atoms with E-state index in [0.717, 1.165) is 10.9 Å². The normalized spacial score (nSPS) is 15.9. The quantitative estimate of drug-likeness (QED) is 0.563. The van der Waals surface area contributed by atoms with E-state index in [1.807, 2.05) is 17.8 Å². The predicted octanol–water partition coefficient (Wildman–Crippen LogP) is 2.50. The second-order valence-electron chi connectivity index (χ2n) is 7.07.